The molecule has 4 aromatic rings. The van der Waals surface area contributed by atoms with Gasteiger partial charge in [-0.15, -0.1) is 0 Å². The molecule has 13 heteroatoms. The van der Waals surface area contributed by atoms with Gasteiger partial charge in [0, 0.05) is 47.4 Å². The molecule has 0 aliphatic heterocycles. The Labute approximate surface area is 296 Å². The zero-order chi connectivity index (χ0) is 36.9. The highest BCUT2D eigenvalue weighted by Gasteiger charge is 2.28. The Hall–Kier alpha value is -5.77. The van der Waals surface area contributed by atoms with Crippen LogP contribution in [0.1, 0.15) is 92.0 Å². The first-order chi connectivity index (χ1) is 24.3. The summed E-state index contributed by atoms with van der Waals surface area (Å²) < 4.78 is 24.0. The van der Waals surface area contributed by atoms with E-state index in [4.69, 9.17) is 30.4 Å². The van der Waals surface area contributed by atoms with E-state index in [2.05, 4.69) is 27.1 Å². The Morgan fingerprint density at radius 1 is 1.04 bits per heavy atom. The van der Waals surface area contributed by atoms with E-state index in [-0.39, 0.29) is 36.0 Å². The lowest BCUT2D eigenvalue weighted by atomic mass is 9.90. The quantitative estimate of drug-likeness (QED) is 0.164. The highest BCUT2D eigenvalue weighted by molar-refractivity contribution is 5.94. The second kappa shape index (κ2) is 15.4. The van der Waals surface area contributed by atoms with Crippen LogP contribution in [0.5, 0.6) is 11.5 Å². The Balaban J connectivity index is 1.51. The minimum absolute atomic E-state index is 0.0297. The molecule has 2 heterocycles. The van der Waals surface area contributed by atoms with E-state index in [1.807, 2.05) is 43.5 Å². The molecule has 1 saturated carbocycles. The highest BCUT2D eigenvalue weighted by Crippen LogP contribution is 2.34. The number of nitrogens with two attached hydrogens (primary N) is 2. The number of hydrogen-bond acceptors (Lipinski definition) is 11. The third-order valence-corrected chi connectivity index (χ3v) is 8.53. The van der Waals surface area contributed by atoms with Gasteiger partial charge in [0.25, 0.3) is 0 Å². The third kappa shape index (κ3) is 8.70. The number of esters is 1. The summed E-state index contributed by atoms with van der Waals surface area (Å²) in [7, 11) is 3.09. The molecule has 0 radical (unpaired) electrons. The molecular weight excluding hydrogens is 652 g/mol. The molecule has 0 saturated heterocycles. The van der Waals surface area contributed by atoms with Gasteiger partial charge >= 0.3 is 12.1 Å². The molecule has 2 aromatic heterocycles. The van der Waals surface area contributed by atoms with Gasteiger partial charge in [-0.25, -0.2) is 14.6 Å². The average molecular weight is 697 g/mol. The molecule has 268 valence electrons. The van der Waals surface area contributed by atoms with Crippen LogP contribution in [-0.2, 0) is 15.9 Å². The van der Waals surface area contributed by atoms with Crippen molar-refractivity contribution >= 4 is 34.7 Å². The van der Waals surface area contributed by atoms with Crippen LogP contribution < -0.4 is 31.7 Å². The number of anilines is 2. The molecule has 5 N–H and O–H groups in total. The topological polar surface area (TPSA) is 183 Å². The SMILES string of the molecule is CCOC(=O)c1cn(C2CCC(NC(=O)OC(C)(C)C)CC2)c2cc(C#Cc3cc(Cc4cnc(N)nc4N)cc(OC)c3OC)ccc2c1=O. The number of nitrogens with one attached hydrogen (secondary N) is 1. The molecule has 1 aliphatic rings. The number of carbonyl (C=O) groups excluding carboxylic acids is 2. The van der Waals surface area contributed by atoms with Crippen molar-refractivity contribution in [2.24, 2.45) is 0 Å². The minimum Gasteiger partial charge on any atom is -0.493 e. The summed E-state index contributed by atoms with van der Waals surface area (Å²) in [4.78, 5) is 47.0. The predicted octanol–water partition coefficient (Wildman–Crippen LogP) is 5.15. The largest absolute Gasteiger partial charge is 0.493 e. The Morgan fingerprint density at radius 3 is 2.43 bits per heavy atom. The van der Waals surface area contributed by atoms with Crippen molar-refractivity contribution in [3.05, 3.63) is 80.8 Å². The van der Waals surface area contributed by atoms with E-state index in [0.717, 1.165) is 5.56 Å². The molecule has 13 nitrogen and oxygen atoms in total. The van der Waals surface area contributed by atoms with Crippen LogP contribution >= 0.6 is 0 Å². The van der Waals surface area contributed by atoms with Crippen LogP contribution in [-0.4, -0.2) is 59.1 Å². The number of hydrogen-bond donors (Lipinski definition) is 3. The fourth-order valence-electron chi connectivity index (χ4n) is 6.20. The van der Waals surface area contributed by atoms with Crippen LogP contribution in [0.15, 0.2) is 47.5 Å². The fraction of sp³-hybridized carbons (Fsp3) is 0.395. The number of benzene rings is 2. The number of fused-ring (bicyclic) bond motifs is 1. The van der Waals surface area contributed by atoms with Gasteiger partial charge in [0.05, 0.1) is 31.9 Å². The van der Waals surface area contributed by atoms with Crippen molar-refractivity contribution in [1.29, 1.82) is 0 Å². The van der Waals surface area contributed by atoms with Crippen molar-refractivity contribution < 1.29 is 28.5 Å². The summed E-state index contributed by atoms with van der Waals surface area (Å²) in [5.41, 5.74) is 14.1. The van der Waals surface area contributed by atoms with E-state index >= 15 is 0 Å². The number of amides is 1. The van der Waals surface area contributed by atoms with Gasteiger partial charge in [-0.05, 0) is 89.3 Å². The maximum Gasteiger partial charge on any atom is 0.407 e. The number of aromatic nitrogens is 3. The van der Waals surface area contributed by atoms with E-state index in [0.29, 0.717) is 71.2 Å². The molecule has 0 atom stereocenters. The molecule has 0 spiro atoms. The summed E-state index contributed by atoms with van der Waals surface area (Å²) >= 11 is 0. The zero-order valence-corrected chi connectivity index (χ0v) is 29.8. The van der Waals surface area contributed by atoms with Crippen LogP contribution in [0.25, 0.3) is 10.9 Å². The normalized spacial score (nSPS) is 15.7. The van der Waals surface area contributed by atoms with Crippen LogP contribution in [0.4, 0.5) is 16.6 Å². The molecule has 1 fully saturated rings. The van der Waals surface area contributed by atoms with E-state index < -0.39 is 23.1 Å². The number of nitrogen functional groups attached to an aromatic ring is 2. The Bertz CT molecular complexity index is 2070. The summed E-state index contributed by atoms with van der Waals surface area (Å²) in [6.07, 6.45) is 5.92. The first-order valence-corrected chi connectivity index (χ1v) is 16.8. The van der Waals surface area contributed by atoms with Gasteiger partial charge in [0.15, 0.2) is 11.5 Å². The number of rotatable bonds is 8. The first kappa shape index (κ1) is 36.5. The van der Waals surface area contributed by atoms with Crippen LogP contribution in [0, 0.1) is 11.8 Å². The maximum atomic E-state index is 13.6. The number of alkyl carbamates (subject to hydrolysis) is 1. The van der Waals surface area contributed by atoms with Gasteiger partial charge in [-0.2, -0.15) is 4.98 Å². The second-order valence-electron chi connectivity index (χ2n) is 13.3. The van der Waals surface area contributed by atoms with Crippen molar-refractivity contribution in [3.63, 3.8) is 0 Å². The molecule has 1 amide bonds. The van der Waals surface area contributed by atoms with Crippen LogP contribution in [0.3, 0.4) is 0 Å². The number of pyridine rings is 1. The molecular formula is C38H44N6O7. The molecule has 0 bridgehead atoms. The number of nitrogens with zero attached hydrogens (tertiary/aromatic N) is 3. The number of methoxy groups -OCH3 is 2. The molecule has 2 aromatic carbocycles. The molecule has 51 heavy (non-hydrogen) atoms. The molecule has 5 rings (SSSR count). The van der Waals surface area contributed by atoms with Crippen molar-refractivity contribution in [2.75, 3.05) is 32.3 Å². The van der Waals surface area contributed by atoms with E-state index in [9.17, 15) is 14.4 Å². The number of ether oxygens (including phenoxy) is 4. The van der Waals surface area contributed by atoms with E-state index in [1.165, 1.54) is 0 Å². The van der Waals surface area contributed by atoms with Crippen molar-refractivity contribution in [1.82, 2.24) is 19.9 Å². The second-order valence-corrected chi connectivity index (χ2v) is 13.3. The van der Waals surface area contributed by atoms with Gasteiger partial charge in [-0.1, -0.05) is 11.8 Å². The first-order valence-electron chi connectivity index (χ1n) is 16.8. The van der Waals surface area contributed by atoms with Gasteiger partial charge in [-0.3, -0.25) is 4.79 Å². The highest BCUT2D eigenvalue weighted by atomic mass is 16.6. The van der Waals surface area contributed by atoms with Gasteiger partial charge < -0.3 is 40.3 Å². The number of carbonyl (C=O) groups is 2. The third-order valence-electron chi connectivity index (χ3n) is 8.53. The Kier molecular flexibility index (Phi) is 11.0. The standard InChI is InChI=1S/C38H44N6O7/c1-7-50-35(46)29-21-44(27-13-11-26(12-14-27)42-37(47)51-38(2,3)4)30-18-22(9-15-28(30)32(29)45)8-10-24-16-23(19-31(48-5)33(24)49-6)17-25-20-41-36(40)43-34(25)39/h9,15-16,18-21,26-27H,7,11-14,17H2,1-6H3,(H,42,47)(H4,39,40,41,43). The zero-order valence-electron chi connectivity index (χ0n) is 29.8. The fourth-order valence-corrected chi connectivity index (χ4v) is 6.20. The lowest BCUT2D eigenvalue weighted by Gasteiger charge is -2.32. The van der Waals surface area contributed by atoms with Gasteiger partial charge in [0.1, 0.15) is 17.0 Å². The monoisotopic (exact) mass is 696 g/mol. The summed E-state index contributed by atoms with van der Waals surface area (Å²) in [5.74, 6) is 7.10. The minimum atomic E-state index is -0.671. The smallest absolute Gasteiger partial charge is 0.407 e. The predicted molar refractivity (Wildman–Crippen MR) is 194 cm³/mol. The summed E-state index contributed by atoms with van der Waals surface area (Å²) in [6, 6.07) is 8.91. The van der Waals surface area contributed by atoms with Gasteiger partial charge in [0.2, 0.25) is 11.4 Å². The van der Waals surface area contributed by atoms with Crippen molar-refractivity contribution in [3.8, 4) is 23.3 Å². The molecule has 1 aliphatic carbocycles. The van der Waals surface area contributed by atoms with Crippen molar-refractivity contribution in [2.45, 2.75) is 77.5 Å². The summed E-state index contributed by atoms with van der Waals surface area (Å²) in [6.45, 7) is 7.31. The average Bonchev–Trinajstić information content (AvgIpc) is 3.08. The van der Waals surface area contributed by atoms with E-state index in [1.54, 1.807) is 45.7 Å². The lowest BCUT2D eigenvalue weighted by Crippen LogP contribution is -2.41. The lowest BCUT2D eigenvalue weighted by molar-refractivity contribution is 0.0483. The Morgan fingerprint density at radius 2 is 1.78 bits per heavy atom. The van der Waals surface area contributed by atoms with Crippen LogP contribution in [0.2, 0.25) is 0 Å². The maximum absolute atomic E-state index is 13.6. The summed E-state index contributed by atoms with van der Waals surface area (Å²) in [5, 5.41) is 3.35. The molecule has 0 unspecified atom stereocenters.